The van der Waals surface area contributed by atoms with Gasteiger partial charge in [0.15, 0.2) is 0 Å². The van der Waals surface area contributed by atoms with E-state index in [0.717, 1.165) is 16.7 Å². The van der Waals surface area contributed by atoms with E-state index in [2.05, 4.69) is 10.6 Å². The van der Waals surface area contributed by atoms with Crippen LogP contribution in [0.25, 0.3) is 0 Å². The van der Waals surface area contributed by atoms with Crippen molar-refractivity contribution in [2.45, 2.75) is 32.1 Å². The predicted octanol–water partition coefficient (Wildman–Crippen LogP) is 3.69. The molecule has 148 valence electrons. The Labute approximate surface area is 164 Å². The van der Waals surface area contributed by atoms with Crippen LogP contribution in [0.4, 0.5) is 15.8 Å². The van der Waals surface area contributed by atoms with Gasteiger partial charge in [0.05, 0.1) is 5.92 Å². The number of nitrogens with zero attached hydrogens (tertiary/aromatic N) is 1. The SMILES string of the molecule is Cc1ccc(NC(=O)C2CCc3cc(F)ccc32)cc1NC(=O)CCN(C)C. The first-order chi connectivity index (χ1) is 13.3. The third-order valence-electron chi connectivity index (χ3n) is 5.06. The number of aryl methyl sites for hydroxylation is 2. The van der Waals surface area contributed by atoms with Crippen LogP contribution in [0.1, 0.15) is 35.4 Å². The molecular weight excluding hydrogens is 357 g/mol. The minimum Gasteiger partial charge on any atom is -0.326 e. The van der Waals surface area contributed by atoms with Crippen LogP contribution in [0.3, 0.4) is 0 Å². The Hall–Kier alpha value is -2.73. The lowest BCUT2D eigenvalue weighted by atomic mass is 10.0. The van der Waals surface area contributed by atoms with Crippen molar-refractivity contribution >= 4 is 23.2 Å². The van der Waals surface area contributed by atoms with E-state index in [1.165, 1.54) is 12.1 Å². The van der Waals surface area contributed by atoms with E-state index in [4.69, 9.17) is 0 Å². The van der Waals surface area contributed by atoms with Crippen LogP contribution >= 0.6 is 0 Å². The molecule has 1 aliphatic carbocycles. The molecule has 0 heterocycles. The monoisotopic (exact) mass is 383 g/mol. The molecule has 1 aliphatic rings. The molecule has 0 aliphatic heterocycles. The second kappa shape index (κ2) is 8.52. The van der Waals surface area contributed by atoms with E-state index in [0.29, 0.717) is 37.2 Å². The number of fused-ring (bicyclic) bond motifs is 1. The second-order valence-electron chi connectivity index (χ2n) is 7.55. The lowest BCUT2D eigenvalue weighted by Crippen LogP contribution is -2.21. The van der Waals surface area contributed by atoms with Crippen LogP contribution in [0.2, 0.25) is 0 Å². The maximum absolute atomic E-state index is 13.4. The fourth-order valence-corrected chi connectivity index (χ4v) is 3.46. The van der Waals surface area contributed by atoms with E-state index in [-0.39, 0.29) is 23.5 Å². The first-order valence-corrected chi connectivity index (χ1v) is 9.48. The average molecular weight is 383 g/mol. The molecular formula is C22H26FN3O2. The third-order valence-corrected chi connectivity index (χ3v) is 5.06. The van der Waals surface area contributed by atoms with Gasteiger partial charge in [0, 0.05) is 24.3 Å². The summed E-state index contributed by atoms with van der Waals surface area (Å²) >= 11 is 0. The molecule has 0 radical (unpaired) electrons. The minimum atomic E-state index is -0.282. The lowest BCUT2D eigenvalue weighted by Gasteiger charge is -2.15. The molecule has 0 saturated heterocycles. The number of amides is 2. The number of halogens is 1. The highest BCUT2D eigenvalue weighted by atomic mass is 19.1. The molecule has 28 heavy (non-hydrogen) atoms. The van der Waals surface area contributed by atoms with E-state index in [9.17, 15) is 14.0 Å². The molecule has 2 N–H and O–H groups in total. The van der Waals surface area contributed by atoms with Crippen LogP contribution in [0.15, 0.2) is 36.4 Å². The van der Waals surface area contributed by atoms with E-state index >= 15 is 0 Å². The van der Waals surface area contributed by atoms with Crippen molar-refractivity contribution in [2.75, 3.05) is 31.3 Å². The topological polar surface area (TPSA) is 61.4 Å². The van der Waals surface area contributed by atoms with Crippen LogP contribution < -0.4 is 10.6 Å². The first kappa shape index (κ1) is 20.0. The zero-order chi connectivity index (χ0) is 20.3. The van der Waals surface area contributed by atoms with Crippen LogP contribution in [-0.2, 0) is 16.0 Å². The highest BCUT2D eigenvalue weighted by molar-refractivity contribution is 5.98. The van der Waals surface area contributed by atoms with Gasteiger partial charge >= 0.3 is 0 Å². The van der Waals surface area contributed by atoms with Crippen molar-refractivity contribution in [3.05, 3.63) is 58.9 Å². The minimum absolute atomic E-state index is 0.0629. The molecule has 1 atom stereocenters. The van der Waals surface area contributed by atoms with Crippen LogP contribution in [0, 0.1) is 12.7 Å². The van der Waals surface area contributed by atoms with Gasteiger partial charge in [-0.15, -0.1) is 0 Å². The molecule has 0 bridgehead atoms. The molecule has 5 nitrogen and oxygen atoms in total. The number of benzene rings is 2. The van der Waals surface area contributed by atoms with Crippen molar-refractivity contribution < 1.29 is 14.0 Å². The molecule has 0 aromatic heterocycles. The summed E-state index contributed by atoms with van der Waals surface area (Å²) in [5.74, 6) is -0.728. The number of rotatable bonds is 6. The van der Waals surface area contributed by atoms with Gasteiger partial charge in [0.2, 0.25) is 11.8 Å². The quantitative estimate of drug-likeness (QED) is 0.800. The van der Waals surface area contributed by atoms with Gasteiger partial charge in [-0.1, -0.05) is 12.1 Å². The van der Waals surface area contributed by atoms with Gasteiger partial charge in [0.25, 0.3) is 0 Å². The van der Waals surface area contributed by atoms with Crippen molar-refractivity contribution in [1.82, 2.24) is 4.90 Å². The fraction of sp³-hybridized carbons (Fsp3) is 0.364. The number of hydrogen-bond donors (Lipinski definition) is 2. The summed E-state index contributed by atoms with van der Waals surface area (Å²) in [5.41, 5.74) is 4.04. The zero-order valence-electron chi connectivity index (χ0n) is 16.5. The maximum atomic E-state index is 13.4. The normalized spacial score (nSPS) is 15.4. The molecule has 2 aromatic rings. The Morgan fingerprint density at radius 2 is 1.93 bits per heavy atom. The van der Waals surface area contributed by atoms with Crippen molar-refractivity contribution in [2.24, 2.45) is 0 Å². The number of hydrogen-bond acceptors (Lipinski definition) is 3. The Morgan fingerprint density at radius 3 is 2.68 bits per heavy atom. The Balaban J connectivity index is 1.68. The van der Waals surface area contributed by atoms with Gasteiger partial charge in [0.1, 0.15) is 5.82 Å². The van der Waals surface area contributed by atoms with Gasteiger partial charge in [-0.2, -0.15) is 0 Å². The molecule has 0 spiro atoms. The summed E-state index contributed by atoms with van der Waals surface area (Å²) in [5, 5.41) is 5.85. The second-order valence-corrected chi connectivity index (χ2v) is 7.55. The van der Waals surface area contributed by atoms with Crippen LogP contribution in [0.5, 0.6) is 0 Å². The van der Waals surface area contributed by atoms with E-state index in [1.54, 1.807) is 12.1 Å². The summed E-state index contributed by atoms with van der Waals surface area (Å²) in [6.07, 6.45) is 1.77. The number of anilines is 2. The summed E-state index contributed by atoms with van der Waals surface area (Å²) in [6.45, 7) is 2.58. The van der Waals surface area contributed by atoms with Gasteiger partial charge in [-0.05, 0) is 74.8 Å². The molecule has 3 rings (SSSR count). The number of carbonyl (C=O) groups is 2. The smallest absolute Gasteiger partial charge is 0.231 e. The summed E-state index contributed by atoms with van der Waals surface area (Å²) < 4.78 is 13.4. The highest BCUT2D eigenvalue weighted by Crippen LogP contribution is 2.34. The predicted molar refractivity (Wildman–Crippen MR) is 109 cm³/mol. The molecule has 0 saturated carbocycles. The van der Waals surface area contributed by atoms with Crippen molar-refractivity contribution in [1.29, 1.82) is 0 Å². The first-order valence-electron chi connectivity index (χ1n) is 9.48. The molecule has 6 heteroatoms. The lowest BCUT2D eigenvalue weighted by molar-refractivity contribution is -0.117. The van der Waals surface area contributed by atoms with Gasteiger partial charge in [-0.3, -0.25) is 9.59 Å². The number of nitrogens with one attached hydrogen (secondary N) is 2. The standard InChI is InChI=1S/C22H26FN3O2/c1-14-4-7-17(13-20(14)25-21(27)10-11-26(2)3)24-22(28)19-8-5-15-12-16(23)6-9-18(15)19/h4,6-7,9,12-13,19H,5,8,10-11H2,1-3H3,(H,24,28)(H,25,27). The largest absolute Gasteiger partial charge is 0.326 e. The summed E-state index contributed by atoms with van der Waals surface area (Å²) in [6, 6.07) is 10.1. The zero-order valence-corrected chi connectivity index (χ0v) is 16.5. The van der Waals surface area contributed by atoms with Crippen LogP contribution in [-0.4, -0.2) is 37.4 Å². The average Bonchev–Trinajstić information content (AvgIpc) is 3.06. The molecule has 2 aromatic carbocycles. The summed E-state index contributed by atoms with van der Waals surface area (Å²) in [7, 11) is 3.84. The summed E-state index contributed by atoms with van der Waals surface area (Å²) in [4.78, 5) is 26.8. The highest BCUT2D eigenvalue weighted by Gasteiger charge is 2.29. The Bertz CT molecular complexity index is 895. The van der Waals surface area contributed by atoms with Gasteiger partial charge < -0.3 is 15.5 Å². The van der Waals surface area contributed by atoms with E-state index < -0.39 is 0 Å². The Kier molecular flexibility index (Phi) is 6.09. The van der Waals surface area contributed by atoms with Crippen molar-refractivity contribution in [3.63, 3.8) is 0 Å². The maximum Gasteiger partial charge on any atom is 0.231 e. The molecule has 2 amide bonds. The Morgan fingerprint density at radius 1 is 1.14 bits per heavy atom. The van der Waals surface area contributed by atoms with Crippen molar-refractivity contribution in [3.8, 4) is 0 Å². The fourth-order valence-electron chi connectivity index (χ4n) is 3.46. The van der Waals surface area contributed by atoms with Gasteiger partial charge in [-0.25, -0.2) is 4.39 Å². The number of carbonyl (C=O) groups excluding carboxylic acids is 2. The molecule has 0 fully saturated rings. The third kappa shape index (κ3) is 4.75. The van der Waals surface area contributed by atoms with E-state index in [1.807, 2.05) is 38.1 Å². The molecule has 1 unspecified atom stereocenters.